The van der Waals surface area contributed by atoms with E-state index in [2.05, 4.69) is 72.8 Å². The van der Waals surface area contributed by atoms with Crippen LogP contribution in [0.5, 0.6) is 0 Å². The van der Waals surface area contributed by atoms with E-state index in [1.54, 1.807) is 5.56 Å². The average molecular weight is 695 g/mol. The van der Waals surface area contributed by atoms with E-state index in [1.807, 2.05) is 72.8 Å². The Kier molecular flexibility index (Phi) is 7.07. The van der Waals surface area contributed by atoms with Gasteiger partial charge in [0.1, 0.15) is 0 Å². The summed E-state index contributed by atoms with van der Waals surface area (Å²) >= 11 is 0. The topological polar surface area (TPSA) is 62.5 Å². The summed E-state index contributed by atoms with van der Waals surface area (Å²) in [5.41, 5.74) is 7.55. The van der Waals surface area contributed by atoms with Gasteiger partial charge < -0.3 is 0 Å². The highest BCUT2D eigenvalue weighted by Gasteiger charge is 2.51. The number of benzene rings is 7. The Morgan fingerprint density at radius 2 is 1.00 bits per heavy atom. The zero-order valence-electron chi connectivity index (χ0n) is 30.0. The van der Waals surface area contributed by atoms with E-state index in [1.165, 1.54) is 55.0 Å². The monoisotopic (exact) mass is 694 g/mol. The fourth-order valence-electron chi connectivity index (χ4n) is 10.9. The SMILES string of the molecule is N#Cc1cc(-c2nc(-c3ccccc3)nc(-c3ccccc3)n2)c2c3ccccc3c3ccc(-c4ccc(C56C[C@H]7C[C@@H](C5)C[C@@H](C6)C7)cc4)cc3c2c1. The van der Waals surface area contributed by atoms with Crippen molar-refractivity contribution in [1.82, 2.24) is 15.0 Å². The summed E-state index contributed by atoms with van der Waals surface area (Å²) in [6, 6.07) is 51.6. The van der Waals surface area contributed by atoms with Crippen LogP contribution < -0.4 is 0 Å². The molecule has 0 aliphatic heterocycles. The molecule has 0 radical (unpaired) electrons. The van der Waals surface area contributed by atoms with Crippen LogP contribution in [0.3, 0.4) is 0 Å². The summed E-state index contributed by atoms with van der Waals surface area (Å²) in [5, 5.41) is 17.1. The molecule has 1 heterocycles. The van der Waals surface area contributed by atoms with E-state index in [0.717, 1.165) is 61.4 Å². The van der Waals surface area contributed by atoms with Gasteiger partial charge in [-0.05, 0) is 124 Å². The van der Waals surface area contributed by atoms with Gasteiger partial charge in [-0.3, -0.25) is 0 Å². The van der Waals surface area contributed by atoms with Crippen molar-refractivity contribution >= 4 is 32.3 Å². The van der Waals surface area contributed by atoms with Crippen LogP contribution in [0.1, 0.15) is 49.7 Å². The van der Waals surface area contributed by atoms with E-state index >= 15 is 0 Å². The molecule has 4 heteroatoms. The molecule has 12 rings (SSSR count). The fourth-order valence-corrected chi connectivity index (χ4v) is 10.9. The molecule has 4 bridgehead atoms. The Hall–Kier alpha value is -6.18. The van der Waals surface area contributed by atoms with Crippen molar-refractivity contribution in [3.8, 4) is 51.4 Å². The van der Waals surface area contributed by atoms with Crippen molar-refractivity contribution in [2.45, 2.75) is 43.9 Å². The predicted octanol–water partition coefficient (Wildman–Crippen LogP) is 12.3. The number of aromatic nitrogens is 3. The largest absolute Gasteiger partial charge is 0.208 e. The zero-order valence-corrected chi connectivity index (χ0v) is 30.0. The van der Waals surface area contributed by atoms with E-state index in [4.69, 9.17) is 15.0 Å². The van der Waals surface area contributed by atoms with Gasteiger partial charge in [0.15, 0.2) is 17.5 Å². The molecule has 0 unspecified atom stereocenters. The lowest BCUT2D eigenvalue weighted by Crippen LogP contribution is -2.48. The van der Waals surface area contributed by atoms with Gasteiger partial charge in [-0.2, -0.15) is 5.26 Å². The van der Waals surface area contributed by atoms with Crippen molar-refractivity contribution in [1.29, 1.82) is 5.26 Å². The average Bonchev–Trinajstić information content (AvgIpc) is 3.23. The maximum absolute atomic E-state index is 10.5. The fraction of sp³-hybridized carbons (Fsp3) is 0.200. The normalized spacial score (nSPS) is 21.5. The Labute approximate surface area is 315 Å². The summed E-state index contributed by atoms with van der Waals surface area (Å²) in [6.07, 6.45) is 8.50. The molecular weight excluding hydrogens is 657 g/mol. The molecule has 0 N–H and O–H groups in total. The lowest BCUT2D eigenvalue weighted by Gasteiger charge is -2.57. The molecule has 4 aliphatic rings. The second kappa shape index (κ2) is 12.2. The first-order valence-corrected chi connectivity index (χ1v) is 19.4. The molecule has 4 fully saturated rings. The first-order valence-electron chi connectivity index (χ1n) is 19.4. The van der Waals surface area contributed by atoms with E-state index in [9.17, 15) is 5.26 Å². The minimum atomic E-state index is 0.381. The van der Waals surface area contributed by atoms with Crippen LogP contribution in [-0.4, -0.2) is 15.0 Å². The highest BCUT2D eigenvalue weighted by molar-refractivity contribution is 6.28. The van der Waals surface area contributed by atoms with Crippen LogP contribution in [-0.2, 0) is 5.41 Å². The Morgan fingerprint density at radius 1 is 0.463 bits per heavy atom. The summed E-state index contributed by atoms with van der Waals surface area (Å²) < 4.78 is 0. The number of rotatable bonds is 5. The Morgan fingerprint density at radius 3 is 1.61 bits per heavy atom. The molecule has 4 nitrogen and oxygen atoms in total. The predicted molar refractivity (Wildman–Crippen MR) is 219 cm³/mol. The van der Waals surface area contributed by atoms with Crippen molar-refractivity contribution < 1.29 is 0 Å². The zero-order chi connectivity index (χ0) is 35.8. The van der Waals surface area contributed by atoms with Gasteiger partial charge in [-0.25, -0.2) is 15.0 Å². The summed E-state index contributed by atoms with van der Waals surface area (Å²) in [5.74, 6) is 4.52. The quantitative estimate of drug-likeness (QED) is 0.168. The number of nitriles is 1. The van der Waals surface area contributed by atoms with E-state index in [0.29, 0.717) is 28.5 Å². The van der Waals surface area contributed by atoms with Gasteiger partial charge in [-0.1, -0.05) is 121 Å². The molecule has 54 heavy (non-hydrogen) atoms. The van der Waals surface area contributed by atoms with Crippen molar-refractivity contribution in [3.05, 3.63) is 151 Å². The molecule has 258 valence electrons. The summed E-state index contributed by atoms with van der Waals surface area (Å²) in [7, 11) is 0. The molecule has 0 spiro atoms. The minimum Gasteiger partial charge on any atom is -0.208 e. The molecule has 7 aromatic carbocycles. The molecule has 8 aromatic rings. The van der Waals surface area contributed by atoms with Crippen LogP contribution in [0.4, 0.5) is 0 Å². The minimum absolute atomic E-state index is 0.381. The van der Waals surface area contributed by atoms with Crippen molar-refractivity contribution in [3.63, 3.8) is 0 Å². The van der Waals surface area contributed by atoms with Crippen LogP contribution in [0.25, 0.3) is 77.6 Å². The number of hydrogen-bond acceptors (Lipinski definition) is 4. The standard InChI is InChI=1S/C50H38N4/c51-30-34-24-44-43-26-38(35-15-18-39(19-16-35)50-27-31-21-32(28-50)23-33(22-31)29-50)17-20-41(43)40-13-7-8-14-42(40)46(44)45(25-34)49-53-47(36-9-3-1-4-10-36)52-48(54-49)37-11-5-2-6-12-37/h1-20,24-26,31-33H,21-23,27-29H2/t31-,32+,33-,50?. The van der Waals surface area contributed by atoms with Gasteiger partial charge in [0.05, 0.1) is 11.6 Å². The Balaban J connectivity index is 1.11. The molecule has 0 atom stereocenters. The van der Waals surface area contributed by atoms with Crippen LogP contribution in [0, 0.1) is 29.1 Å². The van der Waals surface area contributed by atoms with Crippen LogP contribution in [0.15, 0.2) is 140 Å². The summed E-state index contributed by atoms with van der Waals surface area (Å²) in [4.78, 5) is 15.2. The molecule has 0 saturated heterocycles. The summed E-state index contributed by atoms with van der Waals surface area (Å²) in [6.45, 7) is 0. The first-order chi connectivity index (χ1) is 26.6. The lowest BCUT2D eigenvalue weighted by atomic mass is 9.48. The maximum Gasteiger partial charge on any atom is 0.164 e. The van der Waals surface area contributed by atoms with E-state index in [-0.39, 0.29) is 0 Å². The highest BCUT2D eigenvalue weighted by atomic mass is 15.0. The van der Waals surface area contributed by atoms with Crippen molar-refractivity contribution in [2.75, 3.05) is 0 Å². The third kappa shape index (κ3) is 5.06. The molecule has 1 aromatic heterocycles. The number of nitrogens with zero attached hydrogens (tertiary/aromatic N) is 4. The first kappa shape index (κ1) is 31.4. The second-order valence-electron chi connectivity index (χ2n) is 16.2. The van der Waals surface area contributed by atoms with Crippen LogP contribution >= 0.6 is 0 Å². The van der Waals surface area contributed by atoms with Crippen molar-refractivity contribution in [2.24, 2.45) is 17.8 Å². The second-order valence-corrected chi connectivity index (χ2v) is 16.2. The van der Waals surface area contributed by atoms with E-state index < -0.39 is 0 Å². The lowest BCUT2D eigenvalue weighted by molar-refractivity contribution is -0.00518. The number of fused-ring (bicyclic) bond motifs is 6. The molecule has 0 amide bonds. The van der Waals surface area contributed by atoms with Crippen LogP contribution in [0.2, 0.25) is 0 Å². The third-order valence-electron chi connectivity index (χ3n) is 12.9. The molecule has 4 saturated carbocycles. The number of hydrogen-bond donors (Lipinski definition) is 0. The Bertz CT molecular complexity index is 2710. The molecule has 4 aliphatic carbocycles. The maximum atomic E-state index is 10.5. The highest BCUT2D eigenvalue weighted by Crippen LogP contribution is 2.60. The van der Waals surface area contributed by atoms with Gasteiger partial charge >= 0.3 is 0 Å². The molecular formula is C50H38N4. The van der Waals surface area contributed by atoms with Gasteiger partial charge in [-0.15, -0.1) is 0 Å². The third-order valence-corrected chi connectivity index (χ3v) is 12.9. The van der Waals surface area contributed by atoms with Gasteiger partial charge in [0.2, 0.25) is 0 Å². The van der Waals surface area contributed by atoms with Gasteiger partial charge in [0.25, 0.3) is 0 Å². The smallest absolute Gasteiger partial charge is 0.164 e. The van der Waals surface area contributed by atoms with Gasteiger partial charge in [0, 0.05) is 22.1 Å².